The molecule has 11 aromatic rings. The maximum Gasteiger partial charge on any atom is 0.270 e. The van der Waals surface area contributed by atoms with Crippen molar-refractivity contribution in [2.45, 2.75) is 167 Å². The van der Waals surface area contributed by atoms with Gasteiger partial charge in [0.2, 0.25) is 0 Å². The van der Waals surface area contributed by atoms with Crippen LogP contribution in [0.2, 0.25) is 0 Å². The molecule has 0 amide bonds. The third kappa shape index (κ3) is 13.8. The van der Waals surface area contributed by atoms with E-state index >= 15 is 8.78 Å². The molecule has 0 fully saturated rings. The van der Waals surface area contributed by atoms with Gasteiger partial charge in [-0.05, 0) is 225 Å². The number of hydrogen-bond acceptors (Lipinski definition) is 8. The number of rotatable bonds is 26. The Balaban J connectivity index is 0.992. The van der Waals surface area contributed by atoms with Crippen molar-refractivity contribution in [3.63, 3.8) is 0 Å². The van der Waals surface area contributed by atoms with Gasteiger partial charge in [0.25, 0.3) is 11.4 Å². The van der Waals surface area contributed by atoms with Crippen LogP contribution >= 0.6 is 45.3 Å². The predicted molar refractivity (Wildman–Crippen MR) is 449 cm³/mol. The molecule has 6 nitrogen and oxygen atoms in total. The number of halogens is 4. The van der Waals surface area contributed by atoms with Crippen LogP contribution in [0.1, 0.15) is 239 Å². The summed E-state index contributed by atoms with van der Waals surface area (Å²) in [5.74, 6) is -5.93. The van der Waals surface area contributed by atoms with Crippen LogP contribution in [0.4, 0.5) is 17.6 Å². The number of hydrogen-bond donors (Lipinski definition) is 0. The van der Waals surface area contributed by atoms with E-state index in [-0.39, 0.29) is 55.9 Å². The molecule has 4 heterocycles. The fourth-order valence-electron chi connectivity index (χ4n) is 17.4. The maximum atomic E-state index is 15.1. The Kier molecular flexibility index (Phi) is 22.6. The normalized spacial score (nSPS) is 16.2. The van der Waals surface area contributed by atoms with Crippen molar-refractivity contribution >= 4 is 91.4 Å². The number of Topliss-reactive ketones (excluding diaryl/α,β-unsaturated/α-hetero) is 2. The monoisotopic (exact) mass is 1550 g/mol. The van der Waals surface area contributed by atoms with Gasteiger partial charge in [-0.3, -0.25) is 9.59 Å². The number of nitrogens with zero attached hydrogens (tertiary/aromatic N) is 4. The average molecular weight is 1550 g/mol. The number of carbonyl (C=O) groups is 2. The minimum Gasteiger partial charge on any atom is -0.289 e. The van der Waals surface area contributed by atoms with Crippen LogP contribution < -0.4 is 18.1 Å². The third-order valence-corrected chi connectivity index (χ3v) is 27.2. The summed E-state index contributed by atoms with van der Waals surface area (Å²) in [6.07, 6.45) is 26.3. The van der Waals surface area contributed by atoms with Crippen LogP contribution in [-0.4, -0.2) is 11.6 Å². The van der Waals surface area contributed by atoms with Gasteiger partial charge in [-0.2, -0.15) is 0 Å². The first-order valence-corrected chi connectivity index (χ1v) is 42.5. The molecule has 0 atom stereocenters. The molecule has 112 heavy (non-hydrogen) atoms. The lowest BCUT2D eigenvalue weighted by molar-refractivity contribution is 0.105. The number of aryl methyl sites for hydroxylation is 4. The highest BCUT2D eigenvalue weighted by Gasteiger charge is 2.53. The molecular weight excluding hydrogens is 1470 g/mol. The van der Waals surface area contributed by atoms with Gasteiger partial charge in [-0.25, -0.2) is 37.8 Å². The fourth-order valence-corrected chi connectivity index (χ4v) is 22.0. The minimum atomic E-state index is -1.20. The smallest absolute Gasteiger partial charge is 0.270 e. The molecule has 0 unspecified atom stereocenters. The highest BCUT2D eigenvalue weighted by atomic mass is 32.1. The molecule has 0 radical (unpaired) electrons. The van der Waals surface area contributed by atoms with Crippen LogP contribution in [-0.2, 0) is 36.5 Å². The molecule has 4 aliphatic carbocycles. The molecule has 14 heteroatoms. The van der Waals surface area contributed by atoms with Crippen molar-refractivity contribution in [2.75, 3.05) is 0 Å². The number of fused-ring (bicyclic) bond motifs is 8. The summed E-state index contributed by atoms with van der Waals surface area (Å²) in [5.41, 5.74) is 13.7. The molecule has 0 saturated heterocycles. The molecular formula is C98H82F4N4O2S4. The molecule has 15 rings (SSSR count). The van der Waals surface area contributed by atoms with E-state index in [1.807, 2.05) is 24.3 Å². The van der Waals surface area contributed by atoms with E-state index in [9.17, 15) is 28.9 Å². The molecule has 0 aliphatic heterocycles. The van der Waals surface area contributed by atoms with Crippen molar-refractivity contribution < 1.29 is 27.2 Å². The Morgan fingerprint density at radius 3 is 0.964 bits per heavy atom. The van der Waals surface area contributed by atoms with Crippen LogP contribution in [0.25, 0.3) is 65.0 Å². The van der Waals surface area contributed by atoms with Crippen LogP contribution in [0.5, 0.6) is 0 Å². The van der Waals surface area contributed by atoms with Crippen LogP contribution in [0.3, 0.4) is 0 Å². The van der Waals surface area contributed by atoms with E-state index in [1.165, 1.54) is 70.6 Å². The highest BCUT2D eigenvalue weighted by molar-refractivity contribution is 7.17. The van der Waals surface area contributed by atoms with E-state index in [4.69, 9.17) is 13.1 Å². The van der Waals surface area contributed by atoms with Crippen molar-refractivity contribution in [3.05, 3.63) is 344 Å². The number of unbranched alkanes of at least 4 members (excludes halogenated alkanes) is 12. The molecule has 0 saturated carbocycles. The van der Waals surface area contributed by atoms with Gasteiger partial charge in [0, 0.05) is 71.1 Å². The summed E-state index contributed by atoms with van der Waals surface area (Å²) < 4.78 is 62.6. The molecule has 7 aromatic carbocycles. The largest absolute Gasteiger partial charge is 0.289 e. The summed E-state index contributed by atoms with van der Waals surface area (Å²) in [4.78, 5) is 40.0. The quantitative estimate of drug-likeness (QED) is 0.0234. The zero-order valence-corrected chi connectivity index (χ0v) is 66.5. The van der Waals surface area contributed by atoms with Gasteiger partial charge in [0.05, 0.1) is 36.1 Å². The first-order chi connectivity index (χ1) is 54.6. The summed E-state index contributed by atoms with van der Waals surface area (Å²) in [7, 11) is 0. The number of nitriles is 2. The van der Waals surface area contributed by atoms with Crippen molar-refractivity contribution in [1.82, 2.24) is 0 Å². The summed E-state index contributed by atoms with van der Waals surface area (Å²) in [6, 6.07) is 61.9. The topological polar surface area (TPSA) is 90.4 Å². The van der Waals surface area contributed by atoms with Gasteiger partial charge in [-0.15, -0.1) is 45.3 Å². The molecule has 0 N–H and O–H groups in total. The molecule has 4 aliphatic rings. The number of benzene rings is 7. The molecule has 4 aromatic heterocycles. The second-order valence-electron chi connectivity index (χ2n) is 29.9. The number of allylic oxidation sites excluding steroid dienone is 4. The summed E-state index contributed by atoms with van der Waals surface area (Å²) >= 11 is 6.07. The van der Waals surface area contributed by atoms with Gasteiger partial charge in [-0.1, -0.05) is 202 Å². The summed E-state index contributed by atoms with van der Waals surface area (Å²) in [6.45, 7) is 24.9. The Bertz CT molecular complexity index is 5580. The Morgan fingerprint density at radius 2 is 0.679 bits per heavy atom. The van der Waals surface area contributed by atoms with Gasteiger partial charge in [0.1, 0.15) is 0 Å². The van der Waals surface area contributed by atoms with Crippen LogP contribution in [0.15, 0.2) is 181 Å². The lowest BCUT2D eigenvalue weighted by Gasteiger charge is -2.35. The number of carbonyl (C=O) groups excluding carboxylic acids is 2. The lowest BCUT2D eigenvalue weighted by atomic mass is 9.65. The van der Waals surface area contributed by atoms with E-state index < -0.39 is 45.7 Å². The Morgan fingerprint density at radius 1 is 0.375 bits per heavy atom. The van der Waals surface area contributed by atoms with E-state index in [0.717, 1.165) is 211 Å². The van der Waals surface area contributed by atoms with Gasteiger partial charge >= 0.3 is 0 Å². The van der Waals surface area contributed by atoms with Crippen molar-refractivity contribution in [1.29, 1.82) is 10.5 Å². The molecule has 558 valence electrons. The second kappa shape index (κ2) is 32.9. The standard InChI is InChI=1S/C98H82F4N4O2S4/c1-7-11-15-19-23-59-27-35-63(36-28-59)97(64-37-29-60(30-38-64)24-20-16-12-8-2)77-51-76-78(52-75(77)95-79(97)49-69(111-95)47-67-43-45-87(109-67)91-89(85(57-103)105-5)71-53-81(99)83(101)55-73(71)93(91)107)98(65-39-31-61(32-40-65)25-21-17-13-9-3,66-41-33-62(34-42-66)26-22-18-14-10-4)80-50-70(112-96(76)80)48-68-44-46-88(110-68)92-90(86(58-104)106-6)72-54-82(100)84(102)56-74(72)94(92)108/h27-56H,7-26H2,1-4H3/b67-47+,68-48+,89-85+,90-86?,91-87+,92-88+. The fraction of sp³-hybridized carbons (Fsp3) is 0.265. The molecule has 0 spiro atoms. The summed E-state index contributed by atoms with van der Waals surface area (Å²) in [5, 5.41) is 20.6. The minimum absolute atomic E-state index is 0.00649. The van der Waals surface area contributed by atoms with Gasteiger partial charge < -0.3 is 0 Å². The SMILES string of the molecule is [C-]#[N+]C(C#N)=C1/C(=c2/cc/c(=C\c3cc4c(s3)-c3cc5c(cc3C4(c3ccc(CCCCCC)cc3)c3ccc(CCCCCC)cc3)-c3sc(/C=c4\cc/c(=C6\C(=O)c7cc(F)c(F)cc7\C6=C(\C#N)[N+]#[C-])s4)cc3C5(c3ccc(CCCCCC)cc3)c3ccc(CCCCCC)cc3)s2)C(=O)c2cc(F)c(F)cc21. The predicted octanol–water partition coefficient (Wildman–Crippen LogP) is 23.8. The highest BCUT2D eigenvalue weighted by Crippen LogP contribution is 2.65. The number of thiophene rings is 4. The Hall–Kier alpha value is -10.7. The lowest BCUT2D eigenvalue weighted by Crippen LogP contribution is -2.30. The van der Waals surface area contributed by atoms with Gasteiger partial charge in [0.15, 0.2) is 34.8 Å². The van der Waals surface area contributed by atoms with Crippen molar-refractivity contribution in [2.24, 2.45) is 0 Å². The van der Waals surface area contributed by atoms with Crippen molar-refractivity contribution in [3.8, 4) is 33.0 Å². The Labute approximate surface area is 668 Å². The zero-order chi connectivity index (χ0) is 78.0. The first kappa shape index (κ1) is 76.7. The van der Waals surface area contributed by atoms with Crippen LogP contribution in [0, 0.1) is 59.1 Å². The molecule has 0 bridgehead atoms. The average Bonchev–Trinajstić information content (AvgIpc) is 1.50. The second-order valence-corrected chi connectivity index (χ2v) is 34.3. The van der Waals surface area contributed by atoms with E-state index in [2.05, 4.69) is 171 Å². The van der Waals surface area contributed by atoms with E-state index in [1.54, 1.807) is 34.8 Å². The first-order valence-electron chi connectivity index (χ1n) is 39.3. The van der Waals surface area contributed by atoms with E-state index in [0.29, 0.717) is 9.06 Å². The zero-order valence-electron chi connectivity index (χ0n) is 63.2. The maximum absolute atomic E-state index is 15.1. The third-order valence-electron chi connectivity index (χ3n) is 22.9. The number of ketones is 2.